The van der Waals surface area contributed by atoms with Gasteiger partial charge in [-0.25, -0.2) is 9.97 Å². The van der Waals surface area contributed by atoms with Crippen LogP contribution in [0.3, 0.4) is 0 Å². The zero-order chi connectivity index (χ0) is 13.0. The monoisotopic (exact) mass is 286 g/mol. The van der Waals surface area contributed by atoms with E-state index in [1.165, 1.54) is 0 Å². The van der Waals surface area contributed by atoms with Crippen molar-refractivity contribution in [2.75, 3.05) is 31.1 Å². The number of hydrogen-bond acceptors (Lipinski definition) is 5. The average Bonchev–Trinajstić information content (AvgIpc) is 2.41. The molecule has 1 N–H and O–H groups in total. The van der Waals surface area contributed by atoms with E-state index in [1.807, 2.05) is 11.8 Å². The number of anilines is 1. The highest BCUT2D eigenvalue weighted by molar-refractivity contribution is 5.85. The minimum atomic E-state index is -0.734. The Morgan fingerprint density at radius 1 is 1.32 bits per heavy atom. The molecule has 1 saturated heterocycles. The summed E-state index contributed by atoms with van der Waals surface area (Å²) in [6, 6.07) is 1.42. The van der Waals surface area contributed by atoms with Crippen molar-refractivity contribution in [2.24, 2.45) is 0 Å². The molecule has 0 aliphatic carbocycles. The molecule has 7 heteroatoms. The molecular weight excluding hydrogens is 268 g/mol. The molecule has 2 rings (SSSR count). The number of carbonyl (C=O) groups is 1. The lowest BCUT2D eigenvalue weighted by Crippen LogP contribution is -2.52. The first kappa shape index (κ1) is 15.7. The maximum absolute atomic E-state index is 11.1. The molecule has 1 unspecified atom stereocenters. The predicted molar refractivity (Wildman–Crippen MR) is 74.8 cm³/mol. The number of hydrogen-bond donors (Lipinski definition) is 1. The number of aromatic nitrogens is 2. The molecule has 1 atom stereocenters. The molecule has 1 aliphatic rings. The summed E-state index contributed by atoms with van der Waals surface area (Å²) >= 11 is 0. The van der Waals surface area contributed by atoms with E-state index in [-0.39, 0.29) is 18.4 Å². The van der Waals surface area contributed by atoms with Crippen molar-refractivity contribution in [3.63, 3.8) is 0 Å². The van der Waals surface area contributed by atoms with Crippen LogP contribution in [-0.2, 0) is 4.79 Å². The molecule has 0 aromatic carbocycles. The molecule has 19 heavy (non-hydrogen) atoms. The molecule has 106 valence electrons. The van der Waals surface area contributed by atoms with Gasteiger partial charge < -0.3 is 10.0 Å². The maximum atomic E-state index is 11.1. The summed E-state index contributed by atoms with van der Waals surface area (Å²) in [5, 5.41) is 9.13. The Kier molecular flexibility index (Phi) is 5.98. The van der Waals surface area contributed by atoms with E-state index in [4.69, 9.17) is 5.11 Å². The van der Waals surface area contributed by atoms with E-state index >= 15 is 0 Å². The lowest BCUT2D eigenvalue weighted by molar-refractivity contribution is -0.143. The van der Waals surface area contributed by atoms with Crippen molar-refractivity contribution in [3.8, 4) is 0 Å². The number of carboxylic acids is 1. The topological polar surface area (TPSA) is 69.6 Å². The SMILES string of the molecule is CCC(C(=O)O)N1CCN(c2ncccn2)CC1.Cl. The number of nitrogens with zero attached hydrogens (tertiary/aromatic N) is 4. The second kappa shape index (κ2) is 7.25. The fourth-order valence-corrected chi connectivity index (χ4v) is 2.28. The maximum Gasteiger partial charge on any atom is 0.320 e. The van der Waals surface area contributed by atoms with Gasteiger partial charge in [-0.05, 0) is 12.5 Å². The Labute approximate surface area is 118 Å². The summed E-state index contributed by atoms with van der Waals surface area (Å²) in [5.74, 6) is -0.0116. The number of rotatable bonds is 4. The normalized spacial score (nSPS) is 17.6. The van der Waals surface area contributed by atoms with Gasteiger partial charge in [-0.1, -0.05) is 6.92 Å². The van der Waals surface area contributed by atoms with Gasteiger partial charge in [0, 0.05) is 38.6 Å². The van der Waals surface area contributed by atoms with Crippen molar-refractivity contribution in [1.29, 1.82) is 0 Å². The predicted octanol–water partition coefficient (Wildman–Crippen LogP) is 0.884. The largest absolute Gasteiger partial charge is 0.480 e. The Morgan fingerprint density at radius 3 is 2.37 bits per heavy atom. The summed E-state index contributed by atoms with van der Waals surface area (Å²) in [4.78, 5) is 23.6. The van der Waals surface area contributed by atoms with Crippen LogP contribution in [0.25, 0.3) is 0 Å². The van der Waals surface area contributed by atoms with Gasteiger partial charge in [0.15, 0.2) is 0 Å². The van der Waals surface area contributed by atoms with Gasteiger partial charge in [0.25, 0.3) is 0 Å². The highest BCUT2D eigenvalue weighted by Crippen LogP contribution is 2.13. The lowest BCUT2D eigenvalue weighted by atomic mass is 10.1. The smallest absolute Gasteiger partial charge is 0.320 e. The summed E-state index contributed by atoms with van der Waals surface area (Å²) in [6.45, 7) is 4.93. The zero-order valence-electron chi connectivity index (χ0n) is 10.9. The van der Waals surface area contributed by atoms with Crippen molar-refractivity contribution in [3.05, 3.63) is 18.5 Å². The van der Waals surface area contributed by atoms with Crippen LogP contribution in [0.4, 0.5) is 5.95 Å². The van der Waals surface area contributed by atoms with Crippen LogP contribution < -0.4 is 4.90 Å². The molecule has 2 heterocycles. The van der Waals surface area contributed by atoms with Crippen LogP contribution in [-0.4, -0.2) is 58.2 Å². The summed E-state index contributed by atoms with van der Waals surface area (Å²) in [7, 11) is 0. The van der Waals surface area contributed by atoms with Crippen LogP contribution in [0, 0.1) is 0 Å². The quantitative estimate of drug-likeness (QED) is 0.886. The molecule has 1 aromatic rings. The molecule has 0 bridgehead atoms. The Balaban J connectivity index is 0.00000180. The Hall–Kier alpha value is -1.40. The highest BCUT2D eigenvalue weighted by atomic mass is 35.5. The first-order valence-electron chi connectivity index (χ1n) is 6.21. The minimum absolute atomic E-state index is 0. The summed E-state index contributed by atoms with van der Waals surface area (Å²) in [6.07, 6.45) is 4.08. The first-order chi connectivity index (χ1) is 8.72. The van der Waals surface area contributed by atoms with Crippen LogP contribution in [0.5, 0.6) is 0 Å². The molecule has 0 amide bonds. The first-order valence-corrected chi connectivity index (χ1v) is 6.21. The van der Waals surface area contributed by atoms with E-state index in [2.05, 4.69) is 14.9 Å². The average molecular weight is 287 g/mol. The highest BCUT2D eigenvalue weighted by Gasteiger charge is 2.27. The van der Waals surface area contributed by atoms with Crippen LogP contribution >= 0.6 is 12.4 Å². The van der Waals surface area contributed by atoms with Gasteiger partial charge in [0.05, 0.1) is 0 Å². The molecule has 1 aromatic heterocycles. The fourth-order valence-electron chi connectivity index (χ4n) is 2.28. The Morgan fingerprint density at radius 2 is 1.89 bits per heavy atom. The second-order valence-corrected chi connectivity index (χ2v) is 4.33. The van der Waals surface area contributed by atoms with E-state index in [0.717, 1.165) is 32.1 Å². The fraction of sp³-hybridized carbons (Fsp3) is 0.583. The molecule has 0 spiro atoms. The molecule has 1 fully saturated rings. The number of halogens is 1. The lowest BCUT2D eigenvalue weighted by Gasteiger charge is -2.37. The molecular formula is C12H19ClN4O2. The van der Waals surface area contributed by atoms with E-state index in [0.29, 0.717) is 6.42 Å². The molecule has 0 saturated carbocycles. The van der Waals surface area contributed by atoms with Crippen molar-refractivity contribution in [1.82, 2.24) is 14.9 Å². The van der Waals surface area contributed by atoms with Gasteiger partial charge in [0.1, 0.15) is 6.04 Å². The number of carboxylic acid groups (broad SMARTS) is 1. The van der Waals surface area contributed by atoms with Gasteiger partial charge in [-0.3, -0.25) is 9.69 Å². The van der Waals surface area contributed by atoms with Crippen LogP contribution in [0.15, 0.2) is 18.5 Å². The molecule has 1 aliphatic heterocycles. The van der Waals surface area contributed by atoms with Gasteiger partial charge in [0.2, 0.25) is 5.95 Å². The van der Waals surface area contributed by atoms with Crippen molar-refractivity contribution in [2.45, 2.75) is 19.4 Å². The Bertz CT molecular complexity index is 396. The number of aliphatic carboxylic acids is 1. The third kappa shape index (κ3) is 3.78. The van der Waals surface area contributed by atoms with E-state index in [9.17, 15) is 4.79 Å². The van der Waals surface area contributed by atoms with Crippen LogP contribution in [0.2, 0.25) is 0 Å². The standard InChI is InChI=1S/C12H18N4O2.ClH/c1-2-10(11(17)18)15-6-8-16(9-7-15)12-13-4-3-5-14-12;/h3-5,10H,2,6-9H2,1H3,(H,17,18);1H. The van der Waals surface area contributed by atoms with Crippen molar-refractivity contribution >= 4 is 24.3 Å². The number of piperazine rings is 1. The third-order valence-corrected chi connectivity index (χ3v) is 3.26. The molecule has 6 nitrogen and oxygen atoms in total. The minimum Gasteiger partial charge on any atom is -0.480 e. The summed E-state index contributed by atoms with van der Waals surface area (Å²) in [5.41, 5.74) is 0. The zero-order valence-corrected chi connectivity index (χ0v) is 11.7. The van der Waals surface area contributed by atoms with Gasteiger partial charge in [-0.15, -0.1) is 12.4 Å². The third-order valence-electron chi connectivity index (χ3n) is 3.26. The molecule has 0 radical (unpaired) electrons. The summed E-state index contributed by atoms with van der Waals surface area (Å²) < 4.78 is 0. The van der Waals surface area contributed by atoms with Gasteiger partial charge >= 0.3 is 5.97 Å². The van der Waals surface area contributed by atoms with Crippen molar-refractivity contribution < 1.29 is 9.90 Å². The van der Waals surface area contributed by atoms with Gasteiger partial charge in [-0.2, -0.15) is 0 Å². The van der Waals surface area contributed by atoms with Crippen LogP contribution in [0.1, 0.15) is 13.3 Å². The van der Waals surface area contributed by atoms with E-state index in [1.54, 1.807) is 18.5 Å². The van der Waals surface area contributed by atoms with E-state index < -0.39 is 5.97 Å². The second-order valence-electron chi connectivity index (χ2n) is 4.33.